The number of hydrogen-bond donors (Lipinski definition) is 1. The molecule has 0 saturated carbocycles. The molecule has 3 heteroatoms. The molecule has 1 aliphatic rings. The van der Waals surface area contributed by atoms with Crippen LogP contribution in [0.25, 0.3) is 0 Å². The first-order chi connectivity index (χ1) is 10.00. The highest BCUT2D eigenvalue weighted by Crippen LogP contribution is 2.30. The zero-order valence-electron chi connectivity index (χ0n) is 13.7. The van der Waals surface area contributed by atoms with E-state index in [2.05, 4.69) is 65.1 Å². The molecule has 2 nitrogen and oxygen atoms in total. The quantitative estimate of drug-likeness (QED) is 0.754. The van der Waals surface area contributed by atoms with Crippen molar-refractivity contribution in [1.82, 2.24) is 10.2 Å². The van der Waals surface area contributed by atoms with Gasteiger partial charge >= 0.3 is 0 Å². The monoisotopic (exact) mass is 352 g/mol. The minimum absolute atomic E-state index is 0.467. The van der Waals surface area contributed by atoms with Crippen molar-refractivity contribution in [3.8, 4) is 0 Å². The SMILES string of the molecule is CCCNCc1ccc(CN2CCCC(C)(C)C2)c(Br)c1. The lowest BCUT2D eigenvalue weighted by molar-refractivity contribution is 0.111. The molecule has 0 bridgehead atoms. The summed E-state index contributed by atoms with van der Waals surface area (Å²) < 4.78 is 1.25. The number of hydrogen-bond acceptors (Lipinski definition) is 2. The Labute approximate surface area is 138 Å². The molecule has 0 unspecified atom stereocenters. The average molecular weight is 353 g/mol. The Morgan fingerprint density at radius 3 is 2.81 bits per heavy atom. The summed E-state index contributed by atoms with van der Waals surface area (Å²) in [7, 11) is 0. The van der Waals surface area contributed by atoms with Gasteiger partial charge in [-0.15, -0.1) is 0 Å². The minimum Gasteiger partial charge on any atom is -0.313 e. The molecular formula is C18H29BrN2. The van der Waals surface area contributed by atoms with Crippen LogP contribution in [0.15, 0.2) is 22.7 Å². The largest absolute Gasteiger partial charge is 0.313 e. The first-order valence-corrected chi connectivity index (χ1v) is 9.00. The van der Waals surface area contributed by atoms with Crippen LogP contribution in [0.3, 0.4) is 0 Å². The third-order valence-corrected chi connectivity index (χ3v) is 4.99. The van der Waals surface area contributed by atoms with E-state index in [4.69, 9.17) is 0 Å². The van der Waals surface area contributed by atoms with Crippen molar-refractivity contribution in [1.29, 1.82) is 0 Å². The highest BCUT2D eigenvalue weighted by molar-refractivity contribution is 9.10. The Morgan fingerprint density at radius 1 is 1.33 bits per heavy atom. The Kier molecular flexibility index (Phi) is 6.27. The third kappa shape index (κ3) is 5.39. The van der Waals surface area contributed by atoms with Gasteiger partial charge in [0.1, 0.15) is 0 Å². The molecule has 0 radical (unpaired) electrons. The van der Waals surface area contributed by atoms with Crippen LogP contribution in [0.1, 0.15) is 51.2 Å². The number of halogens is 1. The molecule has 0 amide bonds. The molecule has 0 atom stereocenters. The van der Waals surface area contributed by atoms with Crippen molar-refractivity contribution in [3.63, 3.8) is 0 Å². The molecule has 118 valence electrons. The fraction of sp³-hybridized carbons (Fsp3) is 0.667. The molecule has 2 rings (SSSR count). The van der Waals surface area contributed by atoms with Gasteiger partial charge in [0.2, 0.25) is 0 Å². The fourth-order valence-corrected chi connectivity index (χ4v) is 3.71. The van der Waals surface area contributed by atoms with Gasteiger partial charge in [0.05, 0.1) is 0 Å². The first kappa shape index (κ1) is 17.0. The lowest BCUT2D eigenvalue weighted by atomic mass is 9.84. The summed E-state index contributed by atoms with van der Waals surface area (Å²) in [5.74, 6) is 0. The lowest BCUT2D eigenvalue weighted by Gasteiger charge is -2.38. The second-order valence-corrected chi connectivity index (χ2v) is 7.94. The van der Waals surface area contributed by atoms with E-state index in [1.165, 1.54) is 48.0 Å². The second-order valence-electron chi connectivity index (χ2n) is 7.08. The molecule has 21 heavy (non-hydrogen) atoms. The van der Waals surface area contributed by atoms with E-state index in [0.29, 0.717) is 5.41 Å². The van der Waals surface area contributed by atoms with Crippen LogP contribution in [0, 0.1) is 5.41 Å². The lowest BCUT2D eigenvalue weighted by Crippen LogP contribution is -2.39. The Balaban J connectivity index is 1.94. The van der Waals surface area contributed by atoms with E-state index in [-0.39, 0.29) is 0 Å². The van der Waals surface area contributed by atoms with Gasteiger partial charge in [-0.3, -0.25) is 4.90 Å². The van der Waals surface area contributed by atoms with Crippen LogP contribution in [-0.4, -0.2) is 24.5 Å². The molecule has 0 aromatic heterocycles. The average Bonchev–Trinajstić information content (AvgIpc) is 2.41. The highest BCUT2D eigenvalue weighted by Gasteiger charge is 2.26. The maximum Gasteiger partial charge on any atom is 0.0245 e. The van der Waals surface area contributed by atoms with Gasteiger partial charge in [-0.1, -0.05) is 48.8 Å². The number of likely N-dealkylation sites (tertiary alicyclic amines) is 1. The zero-order valence-corrected chi connectivity index (χ0v) is 15.3. The van der Waals surface area contributed by atoms with E-state index < -0.39 is 0 Å². The number of rotatable bonds is 6. The zero-order chi connectivity index (χ0) is 15.3. The Morgan fingerprint density at radius 2 is 2.14 bits per heavy atom. The van der Waals surface area contributed by atoms with Gasteiger partial charge < -0.3 is 5.32 Å². The van der Waals surface area contributed by atoms with Crippen molar-refractivity contribution >= 4 is 15.9 Å². The minimum atomic E-state index is 0.467. The number of nitrogens with one attached hydrogen (secondary N) is 1. The van der Waals surface area contributed by atoms with Gasteiger partial charge in [0.15, 0.2) is 0 Å². The summed E-state index contributed by atoms with van der Waals surface area (Å²) in [5.41, 5.74) is 3.24. The standard InChI is InChI=1S/C18H29BrN2/c1-4-9-20-12-15-6-7-16(17(19)11-15)13-21-10-5-8-18(2,3)14-21/h6-7,11,20H,4-5,8-10,12-14H2,1-3H3. The van der Waals surface area contributed by atoms with E-state index in [1.807, 2.05) is 0 Å². The van der Waals surface area contributed by atoms with Gasteiger partial charge in [0, 0.05) is 24.1 Å². The van der Waals surface area contributed by atoms with Crippen molar-refractivity contribution in [2.24, 2.45) is 5.41 Å². The van der Waals surface area contributed by atoms with Crippen molar-refractivity contribution < 1.29 is 0 Å². The summed E-state index contributed by atoms with van der Waals surface area (Å²) in [6.07, 6.45) is 3.86. The van der Waals surface area contributed by atoms with Crippen LogP contribution >= 0.6 is 15.9 Å². The predicted octanol–water partition coefficient (Wildman–Crippen LogP) is 4.57. The molecule has 0 spiro atoms. The van der Waals surface area contributed by atoms with Crippen LogP contribution in [0.4, 0.5) is 0 Å². The molecule has 1 aromatic rings. The first-order valence-electron chi connectivity index (χ1n) is 8.20. The fourth-order valence-electron chi connectivity index (χ4n) is 3.16. The van der Waals surface area contributed by atoms with E-state index in [0.717, 1.165) is 19.6 Å². The van der Waals surface area contributed by atoms with E-state index in [1.54, 1.807) is 0 Å². The highest BCUT2D eigenvalue weighted by atomic mass is 79.9. The van der Waals surface area contributed by atoms with Gasteiger partial charge in [-0.2, -0.15) is 0 Å². The molecule has 1 fully saturated rings. The van der Waals surface area contributed by atoms with Gasteiger partial charge in [-0.25, -0.2) is 0 Å². The molecule has 1 saturated heterocycles. The van der Waals surface area contributed by atoms with Gasteiger partial charge in [-0.05, 0) is 55.0 Å². The van der Waals surface area contributed by atoms with E-state index in [9.17, 15) is 0 Å². The van der Waals surface area contributed by atoms with E-state index >= 15 is 0 Å². The summed E-state index contributed by atoms with van der Waals surface area (Å²) in [6.45, 7) is 12.5. The van der Waals surface area contributed by atoms with Gasteiger partial charge in [0.25, 0.3) is 0 Å². The summed E-state index contributed by atoms with van der Waals surface area (Å²) >= 11 is 3.76. The smallest absolute Gasteiger partial charge is 0.0245 e. The molecule has 1 N–H and O–H groups in total. The summed E-state index contributed by atoms with van der Waals surface area (Å²) in [6, 6.07) is 6.82. The molecule has 0 aliphatic carbocycles. The number of piperidine rings is 1. The summed E-state index contributed by atoms with van der Waals surface area (Å²) in [5, 5.41) is 3.46. The number of nitrogens with zero attached hydrogens (tertiary/aromatic N) is 1. The van der Waals surface area contributed by atoms with Crippen LogP contribution in [-0.2, 0) is 13.1 Å². The van der Waals surface area contributed by atoms with Crippen LogP contribution in [0.5, 0.6) is 0 Å². The maximum absolute atomic E-state index is 3.76. The van der Waals surface area contributed by atoms with Crippen LogP contribution in [0.2, 0.25) is 0 Å². The summed E-state index contributed by atoms with van der Waals surface area (Å²) in [4.78, 5) is 2.60. The topological polar surface area (TPSA) is 15.3 Å². The molecule has 1 aliphatic heterocycles. The van der Waals surface area contributed by atoms with Crippen molar-refractivity contribution in [2.45, 2.75) is 53.1 Å². The molecule has 1 aromatic carbocycles. The second kappa shape index (κ2) is 7.75. The Bertz CT molecular complexity index is 457. The predicted molar refractivity (Wildman–Crippen MR) is 94.4 cm³/mol. The van der Waals surface area contributed by atoms with Crippen molar-refractivity contribution in [3.05, 3.63) is 33.8 Å². The third-order valence-electron chi connectivity index (χ3n) is 4.25. The number of benzene rings is 1. The molecule has 1 heterocycles. The molecular weight excluding hydrogens is 324 g/mol. The van der Waals surface area contributed by atoms with Crippen LogP contribution < -0.4 is 5.32 Å². The Hall–Kier alpha value is -0.380. The normalized spacial score (nSPS) is 18.9. The maximum atomic E-state index is 3.76. The van der Waals surface area contributed by atoms with Crippen molar-refractivity contribution in [2.75, 3.05) is 19.6 Å².